The minimum atomic E-state index is -1.95. The number of hydrogen-bond acceptors (Lipinski definition) is 6. The van der Waals surface area contributed by atoms with E-state index in [1.807, 2.05) is 35.6 Å². The van der Waals surface area contributed by atoms with E-state index in [1.54, 1.807) is 30.3 Å². The first-order chi connectivity index (χ1) is 19.8. The number of imide groups is 2. The third-order valence-electron chi connectivity index (χ3n) is 9.03. The minimum absolute atomic E-state index is 0.0902. The van der Waals surface area contributed by atoms with Crippen molar-refractivity contribution in [2.24, 2.45) is 17.8 Å². The van der Waals surface area contributed by atoms with E-state index < -0.39 is 51.1 Å². The van der Waals surface area contributed by atoms with Crippen molar-refractivity contribution in [3.05, 3.63) is 61.7 Å². The van der Waals surface area contributed by atoms with Gasteiger partial charge in [0.2, 0.25) is 11.8 Å². The average Bonchev–Trinajstić information content (AvgIpc) is 3.29. The van der Waals surface area contributed by atoms with Gasteiger partial charge in [0.05, 0.1) is 33.7 Å². The largest absolute Gasteiger partial charge is 0.504 e. The topological polar surface area (TPSA) is 104 Å². The van der Waals surface area contributed by atoms with Gasteiger partial charge < -0.3 is 9.84 Å². The van der Waals surface area contributed by atoms with Crippen LogP contribution in [0.2, 0.25) is 5.02 Å². The Bertz CT molecular complexity index is 1640. The van der Waals surface area contributed by atoms with Gasteiger partial charge in [0.1, 0.15) is 0 Å². The molecule has 6 rings (SSSR count). The van der Waals surface area contributed by atoms with E-state index in [9.17, 15) is 24.3 Å². The molecule has 4 amide bonds. The molecule has 6 unspecified atom stereocenters. The molecule has 8 nitrogen and oxygen atoms in total. The SMILES string of the molecule is COc1cc(C2C3=CCC4C(=O)N(c5ccc(C)c(Cl)c5)C(=O)C4C3CC3(Cl)C(=O)N(CBr)C(=O)C23Cl)cc(I)c1O. The van der Waals surface area contributed by atoms with Gasteiger partial charge in [-0.1, -0.05) is 45.2 Å². The van der Waals surface area contributed by atoms with E-state index in [0.717, 1.165) is 15.4 Å². The highest BCUT2D eigenvalue weighted by Gasteiger charge is 2.76. The Kier molecular flexibility index (Phi) is 7.44. The molecule has 3 fully saturated rings. The summed E-state index contributed by atoms with van der Waals surface area (Å²) in [5.41, 5.74) is 2.18. The van der Waals surface area contributed by atoms with Crippen molar-refractivity contribution < 1.29 is 29.0 Å². The number of rotatable bonds is 4. The summed E-state index contributed by atoms with van der Waals surface area (Å²) in [5.74, 6) is -5.24. The summed E-state index contributed by atoms with van der Waals surface area (Å²) in [6.45, 7) is 1.83. The van der Waals surface area contributed by atoms with E-state index >= 15 is 0 Å². The lowest BCUT2D eigenvalue weighted by Gasteiger charge is -2.50. The first kappa shape index (κ1) is 30.2. The third kappa shape index (κ3) is 3.90. The van der Waals surface area contributed by atoms with Crippen LogP contribution in [0.25, 0.3) is 0 Å². The van der Waals surface area contributed by atoms with Gasteiger partial charge in [-0.3, -0.25) is 24.1 Å². The van der Waals surface area contributed by atoms with Crippen molar-refractivity contribution in [2.75, 3.05) is 17.5 Å². The summed E-state index contributed by atoms with van der Waals surface area (Å²) >= 11 is 26.0. The Morgan fingerprint density at radius 1 is 1.10 bits per heavy atom. The van der Waals surface area contributed by atoms with Gasteiger partial charge in [0.25, 0.3) is 11.8 Å². The normalized spacial score (nSPS) is 32.1. The number of benzene rings is 2. The van der Waals surface area contributed by atoms with E-state index in [-0.39, 0.29) is 35.7 Å². The maximum absolute atomic E-state index is 14.1. The average molecular weight is 809 g/mol. The van der Waals surface area contributed by atoms with E-state index in [1.165, 1.54) is 7.11 Å². The van der Waals surface area contributed by atoms with Crippen LogP contribution in [-0.4, -0.2) is 55.9 Å². The molecule has 0 bridgehead atoms. The van der Waals surface area contributed by atoms with Gasteiger partial charge in [0.15, 0.2) is 21.2 Å². The van der Waals surface area contributed by atoms with Crippen molar-refractivity contribution >= 4 is 103 Å². The number of nitrogens with zero attached hydrogens (tertiary/aromatic N) is 2. The Morgan fingerprint density at radius 3 is 2.45 bits per heavy atom. The van der Waals surface area contributed by atoms with Crippen LogP contribution in [0.3, 0.4) is 0 Å². The molecule has 1 saturated carbocycles. The molecule has 2 saturated heterocycles. The van der Waals surface area contributed by atoms with Gasteiger partial charge in [-0.05, 0) is 83.7 Å². The van der Waals surface area contributed by atoms with Crippen LogP contribution in [0.5, 0.6) is 11.5 Å². The number of aromatic hydroxyl groups is 1. The lowest BCUT2D eigenvalue weighted by Crippen LogP contribution is -2.60. The second kappa shape index (κ2) is 10.4. The standard InChI is InChI=1S/C29H23BrCl3IN2O6/c1-12-3-4-14(9-18(12)31)36-24(38)16-6-5-15-17(21(16)25(36)39)10-28(32)26(40)35(11-30)27(41)29(28,33)22(15)13-7-19(34)23(37)20(8-13)42-2/h3-5,7-9,16-17,21-22,37H,6,10-11H2,1-2H3. The summed E-state index contributed by atoms with van der Waals surface area (Å²) in [7, 11) is 1.40. The molecule has 2 heterocycles. The van der Waals surface area contributed by atoms with E-state index in [0.29, 0.717) is 25.4 Å². The molecule has 0 spiro atoms. The van der Waals surface area contributed by atoms with Crippen LogP contribution in [-0.2, 0) is 19.2 Å². The van der Waals surface area contributed by atoms with Crippen LogP contribution in [0.15, 0.2) is 42.0 Å². The first-order valence-corrected chi connectivity index (χ1v) is 16.4. The van der Waals surface area contributed by atoms with Crippen LogP contribution in [0.4, 0.5) is 5.69 Å². The maximum atomic E-state index is 14.1. The van der Waals surface area contributed by atoms with Crippen molar-refractivity contribution in [1.82, 2.24) is 4.90 Å². The second-order valence-electron chi connectivity index (χ2n) is 11.0. The number of likely N-dealkylation sites (tertiary alicyclic amines) is 1. The molecule has 0 radical (unpaired) electrons. The molecule has 13 heteroatoms. The number of alkyl halides is 3. The first-order valence-electron chi connectivity index (χ1n) is 13.0. The number of phenolic OH excluding ortho intramolecular Hbond substituents is 1. The molecule has 2 aromatic carbocycles. The van der Waals surface area contributed by atoms with Gasteiger partial charge in [-0.25, -0.2) is 4.90 Å². The number of carbonyl (C=O) groups excluding carboxylic acids is 4. The number of aryl methyl sites for hydroxylation is 1. The monoisotopic (exact) mass is 806 g/mol. The lowest BCUT2D eigenvalue weighted by atomic mass is 9.56. The Balaban J connectivity index is 1.54. The molecule has 6 atom stereocenters. The zero-order valence-electron chi connectivity index (χ0n) is 22.2. The molecule has 0 aromatic heterocycles. The number of phenols is 1. The summed E-state index contributed by atoms with van der Waals surface area (Å²) in [6.07, 6.45) is 1.96. The smallest absolute Gasteiger partial charge is 0.254 e. The molecule has 2 aliphatic heterocycles. The number of hydrogen-bond donors (Lipinski definition) is 1. The second-order valence-corrected chi connectivity index (χ2v) is 14.3. The van der Waals surface area contributed by atoms with Crippen LogP contribution < -0.4 is 9.64 Å². The predicted molar refractivity (Wildman–Crippen MR) is 169 cm³/mol. The van der Waals surface area contributed by atoms with Gasteiger partial charge in [-0.2, -0.15) is 0 Å². The fourth-order valence-corrected chi connectivity index (χ4v) is 9.24. The number of allylic oxidation sites excluding steroid dienone is 2. The van der Waals surface area contributed by atoms with Crippen LogP contribution in [0, 0.1) is 28.2 Å². The minimum Gasteiger partial charge on any atom is -0.504 e. The van der Waals surface area contributed by atoms with Crippen LogP contribution >= 0.6 is 73.3 Å². The van der Waals surface area contributed by atoms with Crippen molar-refractivity contribution in [2.45, 2.75) is 35.4 Å². The maximum Gasteiger partial charge on any atom is 0.254 e. The number of carbonyl (C=O) groups is 4. The number of anilines is 1. The molecule has 2 aromatic rings. The van der Waals surface area contributed by atoms with Crippen LogP contribution in [0.1, 0.15) is 29.9 Å². The molecule has 2 aliphatic carbocycles. The molecular weight excluding hydrogens is 785 g/mol. The molecule has 42 heavy (non-hydrogen) atoms. The van der Waals surface area contributed by atoms with E-state index in [2.05, 4.69) is 15.9 Å². The number of halogens is 5. The molecule has 1 N–H and O–H groups in total. The number of ether oxygens (including phenoxy) is 1. The highest BCUT2D eigenvalue weighted by Crippen LogP contribution is 2.66. The fourth-order valence-electron chi connectivity index (χ4n) is 7.02. The highest BCUT2D eigenvalue weighted by atomic mass is 127. The Hall–Kier alpha value is -1.86. The summed E-state index contributed by atoms with van der Waals surface area (Å²) in [6, 6.07) is 8.24. The molecule has 4 aliphatic rings. The van der Waals surface area contributed by atoms with Crippen molar-refractivity contribution in [3.63, 3.8) is 0 Å². The highest BCUT2D eigenvalue weighted by molar-refractivity contribution is 14.1. The molecular formula is C29H23BrCl3IN2O6. The Morgan fingerprint density at radius 2 is 1.81 bits per heavy atom. The number of fused-ring (bicyclic) bond motifs is 4. The van der Waals surface area contributed by atoms with E-state index in [4.69, 9.17) is 39.5 Å². The fraction of sp³-hybridized carbons (Fsp3) is 0.379. The lowest BCUT2D eigenvalue weighted by molar-refractivity contribution is -0.138. The molecule has 220 valence electrons. The number of amides is 4. The summed E-state index contributed by atoms with van der Waals surface area (Å²) in [4.78, 5) is 53.8. The third-order valence-corrected chi connectivity index (χ3v) is 12.2. The van der Waals surface area contributed by atoms with Crippen molar-refractivity contribution in [1.29, 1.82) is 0 Å². The van der Waals surface area contributed by atoms with Gasteiger partial charge in [-0.15, -0.1) is 23.2 Å². The quantitative estimate of drug-likeness (QED) is 0.136. The van der Waals surface area contributed by atoms with Gasteiger partial charge in [0, 0.05) is 10.9 Å². The van der Waals surface area contributed by atoms with Crippen molar-refractivity contribution in [3.8, 4) is 11.5 Å². The predicted octanol–water partition coefficient (Wildman–Crippen LogP) is 5.88. The zero-order chi connectivity index (χ0) is 30.5. The Labute approximate surface area is 278 Å². The summed E-state index contributed by atoms with van der Waals surface area (Å²) in [5, 5.41) is 11.0. The summed E-state index contributed by atoms with van der Waals surface area (Å²) < 4.78 is 5.83. The van der Waals surface area contributed by atoms with Gasteiger partial charge >= 0.3 is 0 Å². The zero-order valence-corrected chi connectivity index (χ0v) is 28.2. The number of methoxy groups -OCH3 is 1.